The summed E-state index contributed by atoms with van der Waals surface area (Å²) in [6.45, 7) is 6.21. The Labute approximate surface area is 91.0 Å². The first kappa shape index (κ1) is 11.5. The van der Waals surface area contributed by atoms with Crippen molar-refractivity contribution in [2.45, 2.75) is 19.8 Å². The van der Waals surface area contributed by atoms with Crippen LogP contribution in [0, 0.1) is 0 Å². The molecular weight excluding hydrogens is 186 g/mol. The van der Waals surface area contributed by atoms with E-state index in [1.165, 1.54) is 5.56 Å². The normalized spacial score (nSPS) is 9.67. The molecule has 0 aliphatic rings. The third-order valence-electron chi connectivity index (χ3n) is 2.07. The zero-order valence-corrected chi connectivity index (χ0v) is 9.12. The van der Waals surface area contributed by atoms with Crippen molar-refractivity contribution in [3.63, 3.8) is 0 Å². The molecule has 0 aliphatic heterocycles. The highest BCUT2D eigenvalue weighted by molar-refractivity contribution is 5.76. The van der Waals surface area contributed by atoms with Gasteiger partial charge in [-0.1, -0.05) is 42.5 Å². The van der Waals surface area contributed by atoms with Gasteiger partial charge in [-0.2, -0.15) is 0 Å². The van der Waals surface area contributed by atoms with E-state index in [1.54, 1.807) is 0 Å². The average Bonchev–Trinajstić information content (AvgIpc) is 2.25. The van der Waals surface area contributed by atoms with Crippen molar-refractivity contribution in [2.24, 2.45) is 0 Å². The minimum absolute atomic E-state index is 0.0850. The van der Waals surface area contributed by atoms with Crippen LogP contribution in [0.5, 0.6) is 0 Å². The van der Waals surface area contributed by atoms with Gasteiger partial charge in [0, 0.05) is 13.0 Å². The van der Waals surface area contributed by atoms with Gasteiger partial charge in [0.2, 0.25) is 5.91 Å². The molecule has 1 amide bonds. The second-order valence-electron chi connectivity index (χ2n) is 3.72. The molecule has 0 aliphatic carbocycles. The number of amides is 1. The lowest BCUT2D eigenvalue weighted by Crippen LogP contribution is -2.24. The second kappa shape index (κ2) is 6.02. The lowest BCUT2D eigenvalue weighted by molar-refractivity contribution is -0.120. The van der Waals surface area contributed by atoms with E-state index in [0.29, 0.717) is 13.0 Å². The number of rotatable bonds is 5. The summed E-state index contributed by atoms with van der Waals surface area (Å²) in [5.41, 5.74) is 2.17. The lowest BCUT2D eigenvalue weighted by Gasteiger charge is -2.04. The van der Waals surface area contributed by atoms with Crippen molar-refractivity contribution in [3.05, 3.63) is 48.0 Å². The Morgan fingerprint density at radius 1 is 1.33 bits per heavy atom. The molecule has 0 bridgehead atoms. The molecule has 1 aromatic rings. The third-order valence-corrected chi connectivity index (χ3v) is 2.07. The smallest absolute Gasteiger partial charge is 0.220 e. The summed E-state index contributed by atoms with van der Waals surface area (Å²) in [4.78, 5) is 11.4. The predicted octanol–water partition coefficient (Wildman–Crippen LogP) is 2.31. The van der Waals surface area contributed by atoms with Crippen LogP contribution in [0.15, 0.2) is 42.5 Å². The molecule has 1 aromatic carbocycles. The minimum atomic E-state index is 0.0850. The summed E-state index contributed by atoms with van der Waals surface area (Å²) < 4.78 is 0. The highest BCUT2D eigenvalue weighted by Crippen LogP contribution is 2.01. The topological polar surface area (TPSA) is 29.1 Å². The Bertz CT molecular complexity index is 330. The van der Waals surface area contributed by atoms with Gasteiger partial charge in [0.05, 0.1) is 0 Å². The van der Waals surface area contributed by atoms with Crippen molar-refractivity contribution < 1.29 is 4.79 Å². The monoisotopic (exact) mass is 203 g/mol. The fourth-order valence-electron chi connectivity index (χ4n) is 1.24. The van der Waals surface area contributed by atoms with Gasteiger partial charge in [0.25, 0.3) is 0 Å². The van der Waals surface area contributed by atoms with Crippen molar-refractivity contribution >= 4 is 5.91 Å². The van der Waals surface area contributed by atoms with Crippen LogP contribution in [-0.4, -0.2) is 12.5 Å². The maximum atomic E-state index is 11.4. The molecule has 0 fully saturated rings. The maximum Gasteiger partial charge on any atom is 0.220 e. The molecule has 15 heavy (non-hydrogen) atoms. The summed E-state index contributed by atoms with van der Waals surface area (Å²) in [5.74, 6) is 0.0850. The van der Waals surface area contributed by atoms with Gasteiger partial charge in [-0.25, -0.2) is 0 Å². The van der Waals surface area contributed by atoms with Crippen molar-refractivity contribution in [3.8, 4) is 0 Å². The Balaban J connectivity index is 2.26. The van der Waals surface area contributed by atoms with E-state index in [1.807, 2.05) is 37.3 Å². The molecule has 0 unspecified atom stereocenters. The summed E-state index contributed by atoms with van der Waals surface area (Å²) in [6.07, 6.45) is 1.33. The van der Waals surface area contributed by atoms with Gasteiger partial charge < -0.3 is 5.32 Å². The van der Waals surface area contributed by atoms with Crippen LogP contribution >= 0.6 is 0 Å². The van der Waals surface area contributed by atoms with Gasteiger partial charge in [0.1, 0.15) is 0 Å². The van der Waals surface area contributed by atoms with Gasteiger partial charge in [-0.15, -0.1) is 0 Å². The number of carbonyl (C=O) groups is 1. The summed E-state index contributed by atoms with van der Waals surface area (Å²) >= 11 is 0. The molecule has 0 heterocycles. The fraction of sp³-hybridized carbons (Fsp3) is 0.308. The van der Waals surface area contributed by atoms with Crippen molar-refractivity contribution in [1.82, 2.24) is 5.32 Å². The van der Waals surface area contributed by atoms with Crippen LogP contribution in [0.3, 0.4) is 0 Å². The number of hydrogen-bond acceptors (Lipinski definition) is 1. The number of nitrogens with one attached hydrogen (secondary N) is 1. The molecule has 0 saturated carbocycles. The quantitative estimate of drug-likeness (QED) is 0.731. The van der Waals surface area contributed by atoms with Crippen LogP contribution < -0.4 is 5.32 Å². The minimum Gasteiger partial charge on any atom is -0.352 e. The summed E-state index contributed by atoms with van der Waals surface area (Å²) in [7, 11) is 0. The van der Waals surface area contributed by atoms with Crippen LogP contribution in [0.2, 0.25) is 0 Å². The Morgan fingerprint density at radius 3 is 2.60 bits per heavy atom. The molecule has 2 heteroatoms. The molecule has 1 N–H and O–H groups in total. The van der Waals surface area contributed by atoms with Crippen LogP contribution in [0.1, 0.15) is 18.9 Å². The highest BCUT2D eigenvalue weighted by Gasteiger charge is 2.00. The molecular formula is C13H17NO. The summed E-state index contributed by atoms with van der Waals surface area (Å²) in [5, 5.41) is 2.81. The molecule has 0 saturated heterocycles. The number of carbonyl (C=O) groups excluding carboxylic acids is 1. The van der Waals surface area contributed by atoms with Crippen LogP contribution in [-0.2, 0) is 11.2 Å². The third kappa shape index (κ3) is 5.01. The highest BCUT2D eigenvalue weighted by atomic mass is 16.1. The van der Waals surface area contributed by atoms with E-state index < -0.39 is 0 Å². The van der Waals surface area contributed by atoms with E-state index in [4.69, 9.17) is 0 Å². The molecule has 2 nitrogen and oxygen atoms in total. The number of benzene rings is 1. The standard InChI is InChI=1S/C13H17NO/c1-11(2)10-14-13(15)9-8-12-6-4-3-5-7-12/h3-7H,1,8-10H2,2H3,(H,14,15). The van der Waals surface area contributed by atoms with E-state index in [-0.39, 0.29) is 5.91 Å². The van der Waals surface area contributed by atoms with Crippen LogP contribution in [0.4, 0.5) is 0 Å². The summed E-state index contributed by atoms with van der Waals surface area (Å²) in [6, 6.07) is 10.0. The van der Waals surface area contributed by atoms with E-state index >= 15 is 0 Å². The maximum absolute atomic E-state index is 11.4. The molecule has 0 spiro atoms. The molecule has 0 aromatic heterocycles. The van der Waals surface area contributed by atoms with Gasteiger partial charge in [-0.05, 0) is 18.9 Å². The van der Waals surface area contributed by atoms with Crippen molar-refractivity contribution in [2.75, 3.05) is 6.54 Å². The van der Waals surface area contributed by atoms with Gasteiger partial charge >= 0.3 is 0 Å². The fourth-order valence-corrected chi connectivity index (χ4v) is 1.24. The lowest BCUT2D eigenvalue weighted by atomic mass is 10.1. The molecule has 0 atom stereocenters. The van der Waals surface area contributed by atoms with E-state index in [2.05, 4.69) is 11.9 Å². The molecule has 1 rings (SSSR count). The molecule has 80 valence electrons. The first-order valence-corrected chi connectivity index (χ1v) is 5.13. The second-order valence-corrected chi connectivity index (χ2v) is 3.72. The number of hydrogen-bond donors (Lipinski definition) is 1. The Hall–Kier alpha value is -1.57. The first-order valence-electron chi connectivity index (χ1n) is 5.13. The van der Waals surface area contributed by atoms with Crippen molar-refractivity contribution in [1.29, 1.82) is 0 Å². The SMILES string of the molecule is C=C(C)CNC(=O)CCc1ccccc1. The zero-order chi connectivity index (χ0) is 11.1. The Kier molecular flexibility index (Phi) is 4.61. The van der Waals surface area contributed by atoms with Gasteiger partial charge in [0.15, 0.2) is 0 Å². The first-order chi connectivity index (χ1) is 7.18. The van der Waals surface area contributed by atoms with Crippen LogP contribution in [0.25, 0.3) is 0 Å². The predicted molar refractivity (Wildman–Crippen MR) is 62.6 cm³/mol. The van der Waals surface area contributed by atoms with E-state index in [0.717, 1.165) is 12.0 Å². The Morgan fingerprint density at radius 2 is 2.00 bits per heavy atom. The molecule has 0 radical (unpaired) electrons. The van der Waals surface area contributed by atoms with Gasteiger partial charge in [-0.3, -0.25) is 4.79 Å². The number of aryl methyl sites for hydroxylation is 1. The zero-order valence-electron chi connectivity index (χ0n) is 9.12. The largest absolute Gasteiger partial charge is 0.352 e. The van der Waals surface area contributed by atoms with E-state index in [9.17, 15) is 4.79 Å². The average molecular weight is 203 g/mol.